The lowest BCUT2D eigenvalue weighted by molar-refractivity contribution is 0.0696. The molecule has 2 aromatic carbocycles. The molecule has 0 aliphatic heterocycles. The van der Waals surface area contributed by atoms with E-state index in [-0.39, 0.29) is 5.56 Å². The summed E-state index contributed by atoms with van der Waals surface area (Å²) in [5.74, 6) is -0.976. The highest BCUT2D eigenvalue weighted by Crippen LogP contribution is 2.22. The predicted octanol–water partition coefficient (Wildman–Crippen LogP) is 4.59. The third kappa shape index (κ3) is 3.58. The maximum atomic E-state index is 11.2. The van der Waals surface area contributed by atoms with Gasteiger partial charge in [-0.3, -0.25) is 0 Å². The molecule has 0 unspecified atom stereocenters. The van der Waals surface area contributed by atoms with E-state index in [1.165, 1.54) is 5.56 Å². The monoisotopic (exact) mass is 338 g/mol. The number of benzene rings is 2. The third-order valence-electron chi connectivity index (χ3n) is 2.91. The number of carboxylic acids is 1. The van der Waals surface area contributed by atoms with E-state index in [4.69, 9.17) is 11.6 Å². The Morgan fingerprint density at radius 1 is 1.11 bits per heavy atom. The van der Waals surface area contributed by atoms with Crippen LogP contribution in [0.3, 0.4) is 0 Å². The Labute approximate surface area is 125 Å². The molecule has 0 bridgehead atoms. The number of halogens is 2. The molecule has 0 saturated heterocycles. The molecule has 2 aromatic rings. The van der Waals surface area contributed by atoms with Gasteiger partial charge < -0.3 is 5.11 Å². The molecular formula is C15H12BrClO2. The first-order valence-corrected chi connectivity index (χ1v) is 7.00. The summed E-state index contributed by atoms with van der Waals surface area (Å²) in [5.41, 5.74) is 2.14. The van der Waals surface area contributed by atoms with Crippen LogP contribution in [0.25, 0.3) is 0 Å². The number of aromatic carboxylic acids is 1. The van der Waals surface area contributed by atoms with Gasteiger partial charge in [0.2, 0.25) is 0 Å². The van der Waals surface area contributed by atoms with Gasteiger partial charge in [-0.1, -0.05) is 51.8 Å². The molecule has 2 rings (SSSR count). The molecule has 98 valence electrons. The van der Waals surface area contributed by atoms with E-state index in [0.29, 0.717) is 11.4 Å². The van der Waals surface area contributed by atoms with Gasteiger partial charge in [0.05, 0.1) is 10.6 Å². The van der Waals surface area contributed by atoms with Gasteiger partial charge in [-0.2, -0.15) is 0 Å². The molecule has 0 heterocycles. The topological polar surface area (TPSA) is 37.3 Å². The molecule has 0 radical (unpaired) electrons. The van der Waals surface area contributed by atoms with Crippen LogP contribution in [-0.2, 0) is 12.8 Å². The first-order chi connectivity index (χ1) is 9.08. The van der Waals surface area contributed by atoms with Crippen molar-refractivity contribution >= 4 is 33.5 Å². The van der Waals surface area contributed by atoms with Crippen molar-refractivity contribution in [3.63, 3.8) is 0 Å². The van der Waals surface area contributed by atoms with E-state index in [1.54, 1.807) is 12.1 Å². The van der Waals surface area contributed by atoms with Crippen molar-refractivity contribution in [3.05, 3.63) is 68.7 Å². The second-order valence-corrected chi connectivity index (χ2v) is 5.53. The SMILES string of the molecule is O=C(O)c1c(Cl)cccc1CCc1ccc(Br)cc1. The molecule has 2 nitrogen and oxygen atoms in total. The quantitative estimate of drug-likeness (QED) is 0.885. The molecule has 0 spiro atoms. The molecule has 1 N–H and O–H groups in total. The summed E-state index contributed by atoms with van der Waals surface area (Å²) in [5, 5.41) is 9.48. The molecule has 0 atom stereocenters. The van der Waals surface area contributed by atoms with Gasteiger partial charge in [-0.15, -0.1) is 0 Å². The average Bonchev–Trinajstić information content (AvgIpc) is 2.37. The molecule has 19 heavy (non-hydrogen) atoms. The average molecular weight is 340 g/mol. The van der Waals surface area contributed by atoms with Gasteiger partial charge in [0.25, 0.3) is 0 Å². The summed E-state index contributed by atoms with van der Waals surface area (Å²) in [6, 6.07) is 13.2. The van der Waals surface area contributed by atoms with E-state index in [9.17, 15) is 9.90 Å². The van der Waals surface area contributed by atoms with Crippen molar-refractivity contribution < 1.29 is 9.90 Å². The Morgan fingerprint density at radius 2 is 1.79 bits per heavy atom. The summed E-state index contributed by atoms with van der Waals surface area (Å²) in [7, 11) is 0. The van der Waals surface area contributed by atoms with E-state index in [0.717, 1.165) is 16.5 Å². The summed E-state index contributed by atoms with van der Waals surface area (Å²) in [6.07, 6.45) is 1.44. The smallest absolute Gasteiger partial charge is 0.337 e. The van der Waals surface area contributed by atoms with Crippen LogP contribution in [-0.4, -0.2) is 11.1 Å². The van der Waals surface area contributed by atoms with E-state index < -0.39 is 5.97 Å². The summed E-state index contributed by atoms with van der Waals surface area (Å²) in [4.78, 5) is 11.2. The minimum Gasteiger partial charge on any atom is -0.478 e. The molecular weight excluding hydrogens is 328 g/mol. The number of rotatable bonds is 4. The van der Waals surface area contributed by atoms with E-state index >= 15 is 0 Å². The normalized spacial score (nSPS) is 10.4. The molecule has 0 saturated carbocycles. The second kappa shape index (κ2) is 6.22. The summed E-state index contributed by atoms with van der Waals surface area (Å²) in [6.45, 7) is 0. The van der Waals surface area contributed by atoms with Crippen LogP contribution in [0.5, 0.6) is 0 Å². The lowest BCUT2D eigenvalue weighted by atomic mass is 10.00. The standard InChI is InChI=1S/C15H12BrClO2/c16-12-8-5-10(6-9-12)4-7-11-2-1-3-13(17)14(11)15(18)19/h1-3,5-6,8-9H,4,7H2,(H,18,19). The number of carbonyl (C=O) groups is 1. The molecule has 0 aliphatic carbocycles. The fourth-order valence-electron chi connectivity index (χ4n) is 1.95. The number of carboxylic acid groups (broad SMARTS) is 1. The Bertz CT molecular complexity index is 594. The zero-order chi connectivity index (χ0) is 13.8. The first-order valence-electron chi connectivity index (χ1n) is 5.83. The van der Waals surface area contributed by atoms with Crippen molar-refractivity contribution in [2.24, 2.45) is 0 Å². The second-order valence-electron chi connectivity index (χ2n) is 4.21. The number of aryl methyl sites for hydroxylation is 2. The van der Waals surface area contributed by atoms with Crippen molar-refractivity contribution in [2.45, 2.75) is 12.8 Å². The Kier molecular flexibility index (Phi) is 4.61. The maximum absolute atomic E-state index is 11.2. The van der Waals surface area contributed by atoms with Gasteiger partial charge >= 0.3 is 5.97 Å². The lowest BCUT2D eigenvalue weighted by Crippen LogP contribution is -2.04. The van der Waals surface area contributed by atoms with Crippen LogP contribution < -0.4 is 0 Å². The minimum absolute atomic E-state index is 0.210. The number of hydrogen-bond acceptors (Lipinski definition) is 1. The highest BCUT2D eigenvalue weighted by molar-refractivity contribution is 9.10. The Hall–Kier alpha value is -1.32. The fourth-order valence-corrected chi connectivity index (χ4v) is 2.49. The fraction of sp³-hybridized carbons (Fsp3) is 0.133. The largest absolute Gasteiger partial charge is 0.478 e. The van der Waals surface area contributed by atoms with Gasteiger partial charge in [-0.05, 0) is 42.2 Å². The molecule has 0 aliphatic rings. The van der Waals surface area contributed by atoms with Crippen molar-refractivity contribution in [3.8, 4) is 0 Å². The van der Waals surface area contributed by atoms with Crippen LogP contribution in [0.4, 0.5) is 0 Å². The number of hydrogen-bond donors (Lipinski definition) is 1. The molecule has 0 aromatic heterocycles. The lowest BCUT2D eigenvalue weighted by Gasteiger charge is -2.08. The summed E-state index contributed by atoms with van der Waals surface area (Å²) < 4.78 is 1.03. The molecule has 0 amide bonds. The van der Waals surface area contributed by atoms with Gasteiger partial charge in [0.1, 0.15) is 0 Å². The van der Waals surface area contributed by atoms with Crippen LogP contribution in [0.1, 0.15) is 21.5 Å². The summed E-state index contributed by atoms with van der Waals surface area (Å²) >= 11 is 9.33. The third-order valence-corrected chi connectivity index (χ3v) is 3.75. The van der Waals surface area contributed by atoms with Gasteiger partial charge in [-0.25, -0.2) is 4.79 Å². The maximum Gasteiger partial charge on any atom is 0.337 e. The van der Waals surface area contributed by atoms with Crippen LogP contribution in [0.2, 0.25) is 5.02 Å². The van der Waals surface area contributed by atoms with E-state index in [1.807, 2.05) is 30.3 Å². The van der Waals surface area contributed by atoms with Crippen molar-refractivity contribution in [2.75, 3.05) is 0 Å². The first kappa shape index (κ1) is 14.1. The van der Waals surface area contributed by atoms with Crippen LogP contribution >= 0.6 is 27.5 Å². The predicted molar refractivity (Wildman–Crippen MR) is 80.0 cm³/mol. The highest BCUT2D eigenvalue weighted by atomic mass is 79.9. The van der Waals surface area contributed by atoms with Crippen molar-refractivity contribution in [1.29, 1.82) is 0 Å². The highest BCUT2D eigenvalue weighted by Gasteiger charge is 2.13. The Balaban J connectivity index is 2.18. The zero-order valence-electron chi connectivity index (χ0n) is 10.1. The minimum atomic E-state index is -0.976. The zero-order valence-corrected chi connectivity index (χ0v) is 12.4. The van der Waals surface area contributed by atoms with Crippen molar-refractivity contribution in [1.82, 2.24) is 0 Å². The van der Waals surface area contributed by atoms with Gasteiger partial charge in [0.15, 0.2) is 0 Å². The molecule has 0 fully saturated rings. The van der Waals surface area contributed by atoms with Crippen LogP contribution in [0, 0.1) is 0 Å². The van der Waals surface area contributed by atoms with Gasteiger partial charge in [0, 0.05) is 4.47 Å². The van der Waals surface area contributed by atoms with Crippen LogP contribution in [0.15, 0.2) is 46.9 Å². The Morgan fingerprint density at radius 3 is 2.42 bits per heavy atom. The molecule has 4 heteroatoms. The van der Waals surface area contributed by atoms with E-state index in [2.05, 4.69) is 15.9 Å².